The van der Waals surface area contributed by atoms with Gasteiger partial charge in [-0.05, 0) is 52.7 Å². The summed E-state index contributed by atoms with van der Waals surface area (Å²) in [4.78, 5) is 26.2. The normalized spacial score (nSPS) is 16.0. The van der Waals surface area contributed by atoms with Gasteiger partial charge in [0.1, 0.15) is 11.5 Å². The summed E-state index contributed by atoms with van der Waals surface area (Å²) in [6.45, 7) is 2.30. The highest BCUT2D eigenvalue weighted by atomic mass is 79.9. The molecule has 0 radical (unpaired) electrons. The zero-order valence-corrected chi connectivity index (χ0v) is 16.4. The van der Waals surface area contributed by atoms with Crippen molar-refractivity contribution in [3.05, 3.63) is 51.3 Å². The van der Waals surface area contributed by atoms with Crippen molar-refractivity contribution in [2.75, 3.05) is 6.54 Å². The van der Waals surface area contributed by atoms with Gasteiger partial charge in [0.25, 0.3) is 5.91 Å². The molecule has 0 bridgehead atoms. The van der Waals surface area contributed by atoms with Crippen LogP contribution in [0.25, 0.3) is 6.08 Å². The van der Waals surface area contributed by atoms with E-state index in [2.05, 4.69) is 21.2 Å². The van der Waals surface area contributed by atoms with Gasteiger partial charge in [0.05, 0.1) is 4.47 Å². The average Bonchev–Trinajstić information content (AvgIpc) is 3.04. The molecule has 1 N–H and O–H groups in total. The first-order valence-corrected chi connectivity index (χ1v) is 9.54. The second-order valence-electron chi connectivity index (χ2n) is 5.29. The number of hydrogen-bond acceptors (Lipinski definition) is 4. The third kappa shape index (κ3) is 4.11. The minimum atomic E-state index is -0.403. The van der Waals surface area contributed by atoms with Gasteiger partial charge in [-0.3, -0.25) is 9.69 Å². The molecule has 1 aromatic heterocycles. The Kier molecular flexibility index (Phi) is 5.56. The third-order valence-corrected chi connectivity index (χ3v) is 5.49. The Bertz CT molecular complexity index is 848. The molecule has 0 spiro atoms. The van der Waals surface area contributed by atoms with E-state index < -0.39 is 6.03 Å². The third-order valence-electron chi connectivity index (χ3n) is 3.39. The van der Waals surface area contributed by atoms with Crippen LogP contribution in [0.2, 0.25) is 5.02 Å². The number of carbonyl (C=O) groups is 2. The predicted octanol–water partition coefficient (Wildman–Crippen LogP) is 5.15. The van der Waals surface area contributed by atoms with Crippen molar-refractivity contribution in [2.45, 2.75) is 23.3 Å². The number of benzene rings is 1. The fourth-order valence-corrected chi connectivity index (χ4v) is 3.72. The van der Waals surface area contributed by atoms with Gasteiger partial charge in [0, 0.05) is 22.5 Å². The Morgan fingerprint density at radius 2 is 2.04 bits per heavy atom. The average molecular weight is 442 g/mol. The lowest BCUT2D eigenvalue weighted by Gasteiger charge is -2.08. The van der Waals surface area contributed by atoms with Gasteiger partial charge >= 0.3 is 6.03 Å². The number of hydrogen-bond donors (Lipinski definition) is 1. The van der Waals surface area contributed by atoms with Crippen molar-refractivity contribution in [1.29, 1.82) is 0 Å². The molecule has 8 heteroatoms. The van der Waals surface area contributed by atoms with Gasteiger partial charge in [-0.25, -0.2) is 4.79 Å². The molecule has 25 heavy (non-hydrogen) atoms. The molecule has 0 aliphatic carbocycles. The Morgan fingerprint density at radius 1 is 1.32 bits per heavy atom. The molecule has 2 heterocycles. The number of urea groups is 1. The second kappa shape index (κ2) is 7.68. The van der Waals surface area contributed by atoms with Crippen LogP contribution in [-0.2, 0) is 4.79 Å². The van der Waals surface area contributed by atoms with Crippen LogP contribution >= 0.6 is 39.3 Å². The molecule has 5 nitrogen and oxygen atoms in total. The fraction of sp³-hybridized carbons (Fsp3) is 0.176. The van der Waals surface area contributed by atoms with Crippen LogP contribution in [-0.4, -0.2) is 23.4 Å². The topological polar surface area (TPSA) is 62.6 Å². The van der Waals surface area contributed by atoms with Crippen molar-refractivity contribution in [3.63, 3.8) is 0 Å². The molecule has 3 rings (SSSR count). The standard InChI is InChI=1S/C17H14BrClN2O3S/c1-2-7-21-15(22)14(20-17(21)23)9-11-8-13(18)16(24-11)25-12-5-3-10(19)4-6-12/h3-6,8-9H,2,7H2,1H3,(H,20,23)/b14-9+. The van der Waals surface area contributed by atoms with E-state index in [1.165, 1.54) is 22.7 Å². The Labute approximate surface area is 162 Å². The van der Waals surface area contributed by atoms with E-state index in [0.717, 1.165) is 9.37 Å². The lowest BCUT2D eigenvalue weighted by atomic mass is 10.3. The molecule has 3 amide bonds. The van der Waals surface area contributed by atoms with Crippen LogP contribution in [0.3, 0.4) is 0 Å². The summed E-state index contributed by atoms with van der Waals surface area (Å²) in [5.74, 6) is 0.136. The molecule has 1 aromatic carbocycles. The number of imide groups is 1. The first kappa shape index (κ1) is 18.1. The molecule has 1 fully saturated rings. The van der Waals surface area contributed by atoms with E-state index in [-0.39, 0.29) is 11.6 Å². The summed E-state index contributed by atoms with van der Waals surface area (Å²) in [7, 11) is 0. The second-order valence-corrected chi connectivity index (χ2v) is 7.62. The molecule has 1 saturated heterocycles. The quantitative estimate of drug-likeness (QED) is 0.515. The molecule has 0 unspecified atom stereocenters. The Balaban J connectivity index is 1.79. The van der Waals surface area contributed by atoms with Crippen LogP contribution in [0.1, 0.15) is 19.1 Å². The maximum Gasteiger partial charge on any atom is 0.329 e. The summed E-state index contributed by atoms with van der Waals surface area (Å²) in [5.41, 5.74) is 0.211. The molecular formula is C17H14BrClN2O3S. The molecule has 1 aliphatic rings. The highest BCUT2D eigenvalue weighted by Crippen LogP contribution is 2.37. The van der Waals surface area contributed by atoms with Crippen LogP contribution in [0, 0.1) is 0 Å². The number of amides is 3. The maximum absolute atomic E-state index is 12.2. The van der Waals surface area contributed by atoms with Crippen LogP contribution in [0.4, 0.5) is 4.79 Å². The fourth-order valence-electron chi connectivity index (χ4n) is 2.26. The van der Waals surface area contributed by atoms with E-state index in [0.29, 0.717) is 28.8 Å². The van der Waals surface area contributed by atoms with Gasteiger partial charge in [-0.1, -0.05) is 30.3 Å². The molecule has 130 valence electrons. The monoisotopic (exact) mass is 440 g/mol. The molecule has 0 saturated carbocycles. The van der Waals surface area contributed by atoms with Crippen LogP contribution in [0.5, 0.6) is 0 Å². The van der Waals surface area contributed by atoms with E-state index in [9.17, 15) is 9.59 Å². The van der Waals surface area contributed by atoms with Gasteiger partial charge < -0.3 is 9.73 Å². The van der Waals surface area contributed by atoms with Gasteiger partial charge in [-0.15, -0.1) is 0 Å². The van der Waals surface area contributed by atoms with Crippen LogP contribution < -0.4 is 5.32 Å². The smallest absolute Gasteiger partial charge is 0.329 e. The summed E-state index contributed by atoms with van der Waals surface area (Å²) in [5, 5.41) is 3.89. The van der Waals surface area contributed by atoms with E-state index >= 15 is 0 Å². The van der Waals surface area contributed by atoms with E-state index in [1.807, 2.05) is 19.1 Å². The van der Waals surface area contributed by atoms with Crippen molar-refractivity contribution in [2.24, 2.45) is 0 Å². The number of halogens is 2. The maximum atomic E-state index is 12.2. The van der Waals surface area contributed by atoms with Crippen molar-refractivity contribution in [1.82, 2.24) is 10.2 Å². The number of rotatable bonds is 5. The SMILES string of the molecule is CCCN1C(=O)N/C(=C/c2cc(Br)c(Sc3ccc(Cl)cc3)o2)C1=O. The van der Waals surface area contributed by atoms with Gasteiger partial charge in [0.15, 0.2) is 5.09 Å². The Hall–Kier alpha value is -1.70. The number of furan rings is 1. The lowest BCUT2D eigenvalue weighted by Crippen LogP contribution is -2.31. The number of nitrogens with one attached hydrogen (secondary N) is 1. The number of carbonyl (C=O) groups excluding carboxylic acids is 2. The van der Waals surface area contributed by atoms with Crippen molar-refractivity contribution in [3.8, 4) is 0 Å². The summed E-state index contributed by atoms with van der Waals surface area (Å²) >= 11 is 10.8. The summed E-state index contributed by atoms with van der Waals surface area (Å²) in [6.07, 6.45) is 2.24. The zero-order chi connectivity index (χ0) is 18.0. The minimum absolute atomic E-state index is 0.211. The number of nitrogens with zero attached hydrogens (tertiary/aromatic N) is 1. The largest absolute Gasteiger partial charge is 0.449 e. The van der Waals surface area contributed by atoms with E-state index in [1.54, 1.807) is 18.2 Å². The van der Waals surface area contributed by atoms with Crippen molar-refractivity contribution >= 4 is 57.3 Å². The van der Waals surface area contributed by atoms with E-state index in [4.69, 9.17) is 16.0 Å². The first-order chi connectivity index (χ1) is 12.0. The van der Waals surface area contributed by atoms with Gasteiger partial charge in [0.2, 0.25) is 0 Å². The van der Waals surface area contributed by atoms with Crippen LogP contribution in [0.15, 0.2) is 54.9 Å². The zero-order valence-electron chi connectivity index (χ0n) is 13.2. The molecule has 1 aliphatic heterocycles. The Morgan fingerprint density at radius 3 is 2.72 bits per heavy atom. The summed E-state index contributed by atoms with van der Waals surface area (Å²) in [6, 6.07) is 8.75. The van der Waals surface area contributed by atoms with Gasteiger partial charge in [-0.2, -0.15) is 0 Å². The molecule has 0 atom stereocenters. The molecular weight excluding hydrogens is 428 g/mol. The lowest BCUT2D eigenvalue weighted by molar-refractivity contribution is -0.122. The first-order valence-electron chi connectivity index (χ1n) is 7.55. The van der Waals surface area contributed by atoms with Crippen molar-refractivity contribution < 1.29 is 14.0 Å². The predicted molar refractivity (Wildman–Crippen MR) is 100 cm³/mol. The summed E-state index contributed by atoms with van der Waals surface area (Å²) < 4.78 is 6.54. The molecule has 2 aromatic rings. The highest BCUT2D eigenvalue weighted by molar-refractivity contribution is 9.10. The minimum Gasteiger partial charge on any atom is -0.449 e. The highest BCUT2D eigenvalue weighted by Gasteiger charge is 2.33.